The van der Waals surface area contributed by atoms with Gasteiger partial charge in [-0.3, -0.25) is 4.79 Å². The molecular formula is C36H45N3O6. The molecule has 0 aliphatic carbocycles. The minimum atomic E-state index is -1.07. The lowest BCUT2D eigenvalue weighted by atomic mass is 9.73. The van der Waals surface area contributed by atoms with E-state index >= 15 is 0 Å². The fourth-order valence-electron chi connectivity index (χ4n) is 6.59. The normalized spacial score (nSPS) is 19.7. The highest BCUT2D eigenvalue weighted by molar-refractivity contribution is 5.94. The predicted molar refractivity (Wildman–Crippen MR) is 173 cm³/mol. The molecule has 0 radical (unpaired) electrons. The number of hydrogen-bond acceptors (Lipinski definition) is 6. The van der Waals surface area contributed by atoms with Crippen molar-refractivity contribution >= 4 is 12.0 Å². The Labute approximate surface area is 265 Å². The number of carboxylic acid groups (broad SMARTS) is 1. The van der Waals surface area contributed by atoms with Gasteiger partial charge in [0.2, 0.25) is 0 Å². The van der Waals surface area contributed by atoms with Crippen LogP contribution in [0.2, 0.25) is 0 Å². The lowest BCUT2D eigenvalue weighted by Crippen LogP contribution is -2.46. The third-order valence-electron chi connectivity index (χ3n) is 8.81. The number of ether oxygens (including phenoxy) is 3. The molecule has 0 spiro atoms. The number of nitrogens with one attached hydrogen (secondary N) is 2. The smallest absolute Gasteiger partial charge is 0.405 e. The first-order chi connectivity index (χ1) is 21.9. The molecule has 3 aromatic rings. The molecule has 2 bridgehead atoms. The predicted octanol–water partition coefficient (Wildman–Crippen LogP) is 5.95. The number of amides is 2. The van der Waals surface area contributed by atoms with Gasteiger partial charge >= 0.3 is 6.09 Å². The summed E-state index contributed by atoms with van der Waals surface area (Å²) in [6.45, 7) is 9.03. The Balaban J connectivity index is 1.23. The molecule has 45 heavy (non-hydrogen) atoms. The van der Waals surface area contributed by atoms with E-state index in [4.69, 9.17) is 14.2 Å². The summed E-state index contributed by atoms with van der Waals surface area (Å²) in [6.07, 6.45) is 1.56. The first-order valence-electron chi connectivity index (χ1n) is 16.1. The number of fused-ring (bicyclic) bond motifs is 3. The fourth-order valence-corrected chi connectivity index (χ4v) is 6.59. The number of benzene rings is 3. The van der Waals surface area contributed by atoms with E-state index in [1.165, 1.54) is 18.4 Å². The Kier molecular flexibility index (Phi) is 11.5. The molecule has 3 aliphatic rings. The monoisotopic (exact) mass is 615 g/mol. The van der Waals surface area contributed by atoms with Crippen LogP contribution in [0.4, 0.5) is 4.79 Å². The second-order valence-corrected chi connectivity index (χ2v) is 11.7. The second kappa shape index (κ2) is 15.9. The van der Waals surface area contributed by atoms with Gasteiger partial charge in [-0.1, -0.05) is 48.5 Å². The Morgan fingerprint density at radius 3 is 2.36 bits per heavy atom. The molecule has 3 fully saturated rings. The van der Waals surface area contributed by atoms with E-state index in [9.17, 15) is 14.7 Å². The van der Waals surface area contributed by atoms with Crippen molar-refractivity contribution in [1.29, 1.82) is 0 Å². The largest absolute Gasteiger partial charge is 0.489 e. The SMILES string of the molecule is CCOC(CCNC(=O)c1ccc(COc2cccc(C(NC(=O)O)c3ccccc3[C@@H]3CN4CCC3CC4)c2)cc1)OCC. The molecule has 3 saturated heterocycles. The van der Waals surface area contributed by atoms with Crippen LogP contribution in [0.5, 0.6) is 5.75 Å². The Bertz CT molecular complexity index is 1400. The van der Waals surface area contributed by atoms with Crippen LogP contribution >= 0.6 is 0 Å². The number of piperidine rings is 3. The number of rotatable bonds is 15. The van der Waals surface area contributed by atoms with E-state index in [1.54, 1.807) is 12.1 Å². The summed E-state index contributed by atoms with van der Waals surface area (Å²) in [4.78, 5) is 27.1. The molecule has 240 valence electrons. The van der Waals surface area contributed by atoms with Gasteiger partial charge in [0.15, 0.2) is 6.29 Å². The topological polar surface area (TPSA) is 109 Å². The zero-order chi connectivity index (χ0) is 31.6. The van der Waals surface area contributed by atoms with Gasteiger partial charge in [0.1, 0.15) is 12.4 Å². The molecule has 3 N–H and O–H groups in total. The summed E-state index contributed by atoms with van der Waals surface area (Å²) in [6, 6.07) is 22.7. The van der Waals surface area contributed by atoms with Gasteiger partial charge in [-0.2, -0.15) is 0 Å². The van der Waals surface area contributed by atoms with Crippen LogP contribution in [0.25, 0.3) is 0 Å². The van der Waals surface area contributed by atoms with Gasteiger partial charge in [0.05, 0.1) is 6.04 Å². The average molecular weight is 616 g/mol. The first-order valence-corrected chi connectivity index (χ1v) is 16.1. The summed E-state index contributed by atoms with van der Waals surface area (Å²) in [5.41, 5.74) is 4.53. The van der Waals surface area contributed by atoms with Gasteiger partial charge in [0, 0.05) is 38.3 Å². The third kappa shape index (κ3) is 8.63. The van der Waals surface area contributed by atoms with E-state index in [-0.39, 0.29) is 12.2 Å². The number of carbonyl (C=O) groups is 2. The van der Waals surface area contributed by atoms with Crippen LogP contribution in [0.1, 0.15) is 77.7 Å². The van der Waals surface area contributed by atoms with Gasteiger partial charge < -0.3 is 34.9 Å². The Morgan fingerprint density at radius 2 is 1.69 bits per heavy atom. The van der Waals surface area contributed by atoms with E-state index in [1.807, 2.05) is 56.3 Å². The van der Waals surface area contributed by atoms with Crippen molar-refractivity contribution in [3.05, 3.63) is 101 Å². The van der Waals surface area contributed by atoms with Crippen LogP contribution in [0.3, 0.4) is 0 Å². The average Bonchev–Trinajstić information content (AvgIpc) is 3.07. The molecule has 2 atom stereocenters. The number of carbonyl (C=O) groups excluding carboxylic acids is 1. The van der Waals surface area contributed by atoms with Crippen LogP contribution in [-0.4, -0.2) is 67.7 Å². The van der Waals surface area contributed by atoms with Crippen LogP contribution in [0.15, 0.2) is 72.8 Å². The summed E-state index contributed by atoms with van der Waals surface area (Å²) in [5.74, 6) is 1.51. The van der Waals surface area contributed by atoms with Gasteiger partial charge in [-0.15, -0.1) is 0 Å². The molecule has 0 saturated carbocycles. The number of hydrogen-bond donors (Lipinski definition) is 3. The first kappa shape index (κ1) is 32.5. The molecule has 9 heteroatoms. The summed E-state index contributed by atoms with van der Waals surface area (Å²) in [5, 5.41) is 15.5. The van der Waals surface area contributed by atoms with E-state index in [0.717, 1.165) is 36.3 Å². The molecule has 9 nitrogen and oxygen atoms in total. The molecule has 0 aromatic heterocycles. The molecule has 3 aromatic carbocycles. The minimum absolute atomic E-state index is 0.155. The molecule has 3 aliphatic heterocycles. The van der Waals surface area contributed by atoms with Gasteiger partial charge in [-0.05, 0) is 98.1 Å². The maximum Gasteiger partial charge on any atom is 0.405 e. The lowest BCUT2D eigenvalue weighted by molar-refractivity contribution is -0.138. The second-order valence-electron chi connectivity index (χ2n) is 11.7. The van der Waals surface area contributed by atoms with Crippen molar-refractivity contribution in [1.82, 2.24) is 15.5 Å². The van der Waals surface area contributed by atoms with Crippen molar-refractivity contribution in [2.45, 2.75) is 58.0 Å². The number of nitrogens with zero attached hydrogens (tertiary/aromatic N) is 1. The quantitative estimate of drug-likeness (QED) is 0.181. The summed E-state index contributed by atoms with van der Waals surface area (Å²) < 4.78 is 17.2. The maximum atomic E-state index is 12.6. The zero-order valence-corrected chi connectivity index (χ0v) is 26.2. The molecular weight excluding hydrogens is 570 g/mol. The zero-order valence-electron chi connectivity index (χ0n) is 26.2. The van der Waals surface area contributed by atoms with E-state index in [0.29, 0.717) is 55.9 Å². The molecule has 6 rings (SSSR count). The van der Waals surface area contributed by atoms with Crippen LogP contribution in [0, 0.1) is 5.92 Å². The van der Waals surface area contributed by atoms with Gasteiger partial charge in [0.25, 0.3) is 5.91 Å². The van der Waals surface area contributed by atoms with Crippen molar-refractivity contribution in [3.63, 3.8) is 0 Å². The van der Waals surface area contributed by atoms with E-state index < -0.39 is 12.1 Å². The molecule has 1 unspecified atom stereocenters. The Morgan fingerprint density at radius 1 is 0.956 bits per heavy atom. The van der Waals surface area contributed by atoms with Crippen molar-refractivity contribution < 1.29 is 28.9 Å². The third-order valence-corrected chi connectivity index (χ3v) is 8.81. The standard InChI is InChI=1S/C36H45N3O6/c1-3-43-33(44-4-2)16-19-37-35(40)27-14-12-25(13-15-27)24-45-29-9-7-8-28(22-29)34(38-36(41)42)31-11-6-5-10-30(31)32-23-39-20-17-26(32)18-21-39/h5-15,22,26,32-34,38H,3-4,16-21,23-24H2,1-2H3,(H,37,40)(H,41,42)/t32-,34?/m1/s1. The minimum Gasteiger partial charge on any atom is -0.489 e. The van der Waals surface area contributed by atoms with Crippen molar-refractivity contribution in [2.24, 2.45) is 5.92 Å². The highest BCUT2D eigenvalue weighted by atomic mass is 16.7. The van der Waals surface area contributed by atoms with Crippen LogP contribution in [-0.2, 0) is 16.1 Å². The van der Waals surface area contributed by atoms with Crippen molar-refractivity contribution in [2.75, 3.05) is 39.4 Å². The highest BCUT2D eigenvalue weighted by Crippen LogP contribution is 2.42. The molecule has 3 heterocycles. The fraction of sp³-hybridized carbons (Fsp3) is 0.444. The van der Waals surface area contributed by atoms with Crippen LogP contribution < -0.4 is 15.4 Å². The molecule has 2 amide bonds. The van der Waals surface area contributed by atoms with Crippen molar-refractivity contribution in [3.8, 4) is 5.75 Å². The summed E-state index contributed by atoms with van der Waals surface area (Å²) in [7, 11) is 0. The highest BCUT2D eigenvalue weighted by Gasteiger charge is 2.37. The van der Waals surface area contributed by atoms with E-state index in [2.05, 4.69) is 33.7 Å². The summed E-state index contributed by atoms with van der Waals surface area (Å²) >= 11 is 0. The Hall–Kier alpha value is -3.92. The van der Waals surface area contributed by atoms with Gasteiger partial charge in [-0.25, -0.2) is 4.79 Å². The lowest BCUT2D eigenvalue weighted by Gasteiger charge is -2.46. The maximum absolute atomic E-state index is 12.6.